The molecule has 38 heavy (non-hydrogen) atoms. The van der Waals surface area contributed by atoms with Crippen LogP contribution in [0.4, 0.5) is 10.1 Å². The maximum atomic E-state index is 13.6. The van der Waals surface area contributed by atoms with Crippen molar-refractivity contribution in [2.24, 2.45) is 7.05 Å². The Kier molecular flexibility index (Phi) is 5.72. The van der Waals surface area contributed by atoms with Gasteiger partial charge in [-0.1, -0.05) is 30.3 Å². The molecule has 1 N–H and O–H groups in total. The molecule has 1 fully saturated rings. The first-order chi connectivity index (χ1) is 18.3. The fourth-order valence-electron chi connectivity index (χ4n) is 4.92. The van der Waals surface area contributed by atoms with Gasteiger partial charge >= 0.3 is 0 Å². The summed E-state index contributed by atoms with van der Waals surface area (Å²) in [5.41, 5.74) is 2.85. The summed E-state index contributed by atoms with van der Waals surface area (Å²) in [4.78, 5) is 12.9. The Bertz CT molecular complexity index is 1750. The van der Waals surface area contributed by atoms with Crippen molar-refractivity contribution in [3.63, 3.8) is 0 Å². The molecule has 5 aromatic rings. The maximum absolute atomic E-state index is 13.6. The minimum absolute atomic E-state index is 0.213. The molecule has 192 valence electrons. The number of fused-ring (bicyclic) bond motifs is 1. The van der Waals surface area contributed by atoms with Gasteiger partial charge in [-0.15, -0.1) is 0 Å². The van der Waals surface area contributed by atoms with Crippen molar-refractivity contribution in [3.8, 4) is 5.69 Å². The van der Waals surface area contributed by atoms with Crippen molar-refractivity contribution in [2.45, 2.75) is 12.1 Å². The fraction of sp³-hybridized carbons (Fsp3) is 0.148. The normalized spacial score (nSPS) is 18.6. The Morgan fingerprint density at radius 2 is 1.74 bits per heavy atom. The second kappa shape index (κ2) is 9.10. The largest absolute Gasteiger partial charge is 0.344 e. The second-order valence-electron chi connectivity index (χ2n) is 9.16. The zero-order valence-corrected chi connectivity index (χ0v) is 21.1. The van der Waals surface area contributed by atoms with Crippen LogP contribution in [0.1, 0.15) is 22.1 Å². The topological polar surface area (TPSA) is 102 Å². The van der Waals surface area contributed by atoms with Gasteiger partial charge in [0.15, 0.2) is 0 Å². The van der Waals surface area contributed by atoms with E-state index in [0.29, 0.717) is 11.4 Å². The Balaban J connectivity index is 1.40. The van der Waals surface area contributed by atoms with Gasteiger partial charge in [0, 0.05) is 18.6 Å². The third-order valence-corrected chi connectivity index (χ3v) is 8.42. The first-order valence-electron chi connectivity index (χ1n) is 11.9. The van der Waals surface area contributed by atoms with E-state index < -0.39 is 28.0 Å². The molecule has 1 amide bonds. The van der Waals surface area contributed by atoms with Crippen LogP contribution in [0.5, 0.6) is 0 Å². The van der Waals surface area contributed by atoms with E-state index in [1.54, 1.807) is 60.5 Å². The molecular formula is C27H23FN6O3S. The standard InChI is InChI=1S/C27H23FN6O3S/c1-32-14-13-23(31-32)27(35)30-24-17-38(36,37)34(26(24)18-5-3-2-4-6-18)22-11-12-25-19(15-22)16-29-33(25)21-9-7-20(28)8-10-21/h2-16,24,26H,17H2,1H3,(H,30,35)/t24?,26-/m1/s1. The monoisotopic (exact) mass is 530 g/mol. The quantitative estimate of drug-likeness (QED) is 0.374. The summed E-state index contributed by atoms with van der Waals surface area (Å²) in [6, 6.07) is 20.7. The highest BCUT2D eigenvalue weighted by atomic mass is 32.2. The van der Waals surface area contributed by atoms with Crippen LogP contribution < -0.4 is 9.62 Å². The molecule has 6 rings (SSSR count). The van der Waals surface area contributed by atoms with E-state index in [0.717, 1.165) is 16.5 Å². The van der Waals surface area contributed by atoms with E-state index in [1.165, 1.54) is 21.1 Å². The van der Waals surface area contributed by atoms with Crippen LogP contribution in [-0.2, 0) is 17.1 Å². The zero-order valence-electron chi connectivity index (χ0n) is 20.3. The van der Waals surface area contributed by atoms with E-state index in [1.807, 2.05) is 30.3 Å². The average Bonchev–Trinajstić information content (AvgIpc) is 3.59. The first-order valence-corrected chi connectivity index (χ1v) is 13.5. The average molecular weight is 531 g/mol. The van der Waals surface area contributed by atoms with Crippen LogP contribution in [0.2, 0.25) is 0 Å². The van der Waals surface area contributed by atoms with Gasteiger partial charge in [0.25, 0.3) is 5.91 Å². The van der Waals surface area contributed by atoms with Gasteiger partial charge < -0.3 is 5.32 Å². The Morgan fingerprint density at radius 3 is 2.45 bits per heavy atom. The number of amides is 1. The van der Waals surface area contributed by atoms with Gasteiger partial charge in [0.2, 0.25) is 10.0 Å². The number of benzene rings is 3. The number of carbonyl (C=O) groups excluding carboxylic acids is 1. The maximum Gasteiger partial charge on any atom is 0.272 e. The molecule has 11 heteroatoms. The Hall–Kier alpha value is -4.51. The number of hydrogen-bond acceptors (Lipinski definition) is 5. The third-order valence-electron chi connectivity index (χ3n) is 6.60. The fourth-order valence-corrected chi connectivity index (χ4v) is 6.85. The molecule has 1 aliphatic rings. The lowest BCUT2D eigenvalue weighted by atomic mass is 9.99. The molecule has 1 unspecified atom stereocenters. The molecule has 0 bridgehead atoms. The third kappa shape index (κ3) is 4.20. The second-order valence-corrected chi connectivity index (χ2v) is 11.1. The summed E-state index contributed by atoms with van der Waals surface area (Å²) in [6.07, 6.45) is 3.30. The number of aromatic nitrogens is 4. The van der Waals surface area contributed by atoms with Gasteiger partial charge in [-0.25, -0.2) is 17.5 Å². The van der Waals surface area contributed by atoms with E-state index >= 15 is 0 Å². The van der Waals surface area contributed by atoms with Crippen LogP contribution in [0.15, 0.2) is 91.3 Å². The van der Waals surface area contributed by atoms with Crippen LogP contribution in [0.25, 0.3) is 16.6 Å². The molecular weight excluding hydrogens is 507 g/mol. The highest BCUT2D eigenvalue weighted by Gasteiger charge is 2.47. The Morgan fingerprint density at radius 1 is 1.00 bits per heavy atom. The van der Waals surface area contributed by atoms with Crippen molar-refractivity contribution in [2.75, 3.05) is 10.1 Å². The molecule has 1 saturated heterocycles. The molecule has 0 saturated carbocycles. The van der Waals surface area contributed by atoms with E-state index in [2.05, 4.69) is 15.5 Å². The number of halogens is 1. The molecule has 0 radical (unpaired) electrons. The summed E-state index contributed by atoms with van der Waals surface area (Å²) >= 11 is 0. The summed E-state index contributed by atoms with van der Waals surface area (Å²) in [7, 11) is -2.10. The minimum Gasteiger partial charge on any atom is -0.344 e. The lowest BCUT2D eigenvalue weighted by molar-refractivity contribution is 0.0931. The molecule has 0 aliphatic carbocycles. The minimum atomic E-state index is -3.80. The molecule has 1 aliphatic heterocycles. The molecule has 9 nitrogen and oxygen atoms in total. The van der Waals surface area contributed by atoms with Crippen LogP contribution in [0, 0.1) is 5.82 Å². The molecule has 2 aromatic heterocycles. The van der Waals surface area contributed by atoms with Gasteiger partial charge in [-0.2, -0.15) is 10.2 Å². The smallest absolute Gasteiger partial charge is 0.272 e. The molecule has 3 heterocycles. The predicted molar refractivity (Wildman–Crippen MR) is 141 cm³/mol. The number of rotatable bonds is 5. The predicted octanol–water partition coefficient (Wildman–Crippen LogP) is 3.59. The number of carbonyl (C=O) groups is 1. The van der Waals surface area contributed by atoms with E-state index in [9.17, 15) is 17.6 Å². The lowest BCUT2D eigenvalue weighted by Crippen LogP contribution is -2.41. The van der Waals surface area contributed by atoms with Crippen molar-refractivity contribution in [1.29, 1.82) is 0 Å². The van der Waals surface area contributed by atoms with Crippen molar-refractivity contribution < 1.29 is 17.6 Å². The Labute approximate surface area is 218 Å². The number of aryl methyl sites for hydroxylation is 1. The summed E-state index contributed by atoms with van der Waals surface area (Å²) in [5, 5.41) is 12.2. The zero-order chi connectivity index (χ0) is 26.4. The van der Waals surface area contributed by atoms with Gasteiger partial charge in [-0.05, 0) is 54.1 Å². The van der Waals surface area contributed by atoms with Crippen LogP contribution >= 0.6 is 0 Å². The van der Waals surface area contributed by atoms with Gasteiger partial charge in [0.05, 0.1) is 40.9 Å². The van der Waals surface area contributed by atoms with Crippen LogP contribution in [-0.4, -0.2) is 45.7 Å². The number of sulfonamides is 1. The van der Waals surface area contributed by atoms with E-state index in [4.69, 9.17) is 0 Å². The number of nitrogens with zero attached hydrogens (tertiary/aromatic N) is 5. The molecule has 2 atom stereocenters. The number of nitrogens with one attached hydrogen (secondary N) is 1. The van der Waals surface area contributed by atoms with Crippen LogP contribution in [0.3, 0.4) is 0 Å². The highest BCUT2D eigenvalue weighted by molar-refractivity contribution is 7.93. The summed E-state index contributed by atoms with van der Waals surface area (Å²) in [6.45, 7) is 0. The number of hydrogen-bond donors (Lipinski definition) is 1. The number of anilines is 1. The molecule has 3 aromatic carbocycles. The van der Waals surface area contributed by atoms with Gasteiger partial charge in [0.1, 0.15) is 11.5 Å². The van der Waals surface area contributed by atoms with Gasteiger partial charge in [-0.3, -0.25) is 13.8 Å². The van der Waals surface area contributed by atoms with Crippen molar-refractivity contribution >= 4 is 32.5 Å². The van der Waals surface area contributed by atoms with E-state index in [-0.39, 0.29) is 17.3 Å². The summed E-state index contributed by atoms with van der Waals surface area (Å²) < 4.78 is 45.1. The first kappa shape index (κ1) is 23.9. The van der Waals surface area contributed by atoms with Crippen molar-refractivity contribution in [1.82, 2.24) is 24.9 Å². The highest BCUT2D eigenvalue weighted by Crippen LogP contribution is 2.40. The molecule has 0 spiro atoms. The SMILES string of the molecule is Cn1ccc(C(=O)NC2CS(=O)(=O)N(c3ccc4c(cnn4-c4ccc(F)cc4)c3)[C@@H]2c2ccccc2)n1. The lowest BCUT2D eigenvalue weighted by Gasteiger charge is -2.28. The summed E-state index contributed by atoms with van der Waals surface area (Å²) in [5.74, 6) is -1.05. The van der Waals surface area contributed by atoms with Crippen molar-refractivity contribution in [3.05, 3.63) is 108 Å².